The Morgan fingerprint density at radius 3 is 3.00 bits per heavy atom. The number of anilines is 1. The highest BCUT2D eigenvalue weighted by molar-refractivity contribution is 5.69. The molecule has 2 nitrogen and oxygen atoms in total. The Kier molecular flexibility index (Phi) is 1.64. The molecule has 0 saturated heterocycles. The maximum absolute atomic E-state index is 3.54. The van der Waals surface area contributed by atoms with E-state index in [9.17, 15) is 0 Å². The summed E-state index contributed by atoms with van der Waals surface area (Å²) in [6.07, 6.45) is 12.8. The Labute approximate surface area is 100 Å². The van der Waals surface area contributed by atoms with Crippen LogP contribution in [-0.4, -0.2) is 4.90 Å². The quantitative estimate of drug-likeness (QED) is 0.721. The number of rotatable bonds is 0. The van der Waals surface area contributed by atoms with E-state index in [-0.39, 0.29) is 0 Å². The fourth-order valence-electron chi connectivity index (χ4n) is 2.68. The van der Waals surface area contributed by atoms with Gasteiger partial charge in [-0.05, 0) is 23.8 Å². The molecule has 0 bridgehead atoms. The summed E-state index contributed by atoms with van der Waals surface area (Å²) in [6, 6.07) is 8.52. The summed E-state index contributed by atoms with van der Waals surface area (Å²) in [5.74, 6) is 0.383. The highest BCUT2D eigenvalue weighted by Crippen LogP contribution is 2.43. The lowest BCUT2D eigenvalue weighted by Crippen LogP contribution is -2.19. The molecule has 1 atom stereocenters. The van der Waals surface area contributed by atoms with Gasteiger partial charge in [-0.1, -0.05) is 30.4 Å². The molecule has 1 aromatic rings. The van der Waals surface area contributed by atoms with E-state index in [1.165, 1.54) is 22.6 Å². The maximum atomic E-state index is 3.54. The van der Waals surface area contributed by atoms with E-state index in [1.54, 1.807) is 0 Å². The summed E-state index contributed by atoms with van der Waals surface area (Å²) in [5, 5.41) is 3.54. The minimum absolute atomic E-state index is 0.383. The molecular formula is C15H12N2. The van der Waals surface area contributed by atoms with Gasteiger partial charge in [0.1, 0.15) is 0 Å². The predicted molar refractivity (Wildman–Crippen MR) is 69.1 cm³/mol. The SMILES string of the molecule is C1=CC2=C3Nc4ccccc4C3C=CN2C=C1. The van der Waals surface area contributed by atoms with Crippen LogP contribution in [0.1, 0.15) is 11.5 Å². The van der Waals surface area contributed by atoms with Gasteiger partial charge in [-0.2, -0.15) is 0 Å². The number of hydrogen-bond acceptors (Lipinski definition) is 2. The van der Waals surface area contributed by atoms with Gasteiger partial charge in [-0.3, -0.25) is 0 Å². The van der Waals surface area contributed by atoms with Crippen molar-refractivity contribution in [3.63, 3.8) is 0 Å². The first-order chi connectivity index (χ1) is 8.43. The second-order valence-electron chi connectivity index (χ2n) is 4.44. The molecule has 0 amide bonds. The van der Waals surface area contributed by atoms with Crippen molar-refractivity contribution in [2.24, 2.45) is 0 Å². The fourth-order valence-corrected chi connectivity index (χ4v) is 2.68. The van der Waals surface area contributed by atoms with Crippen molar-refractivity contribution >= 4 is 5.69 Å². The van der Waals surface area contributed by atoms with Crippen molar-refractivity contribution in [1.29, 1.82) is 0 Å². The van der Waals surface area contributed by atoms with Crippen molar-refractivity contribution in [1.82, 2.24) is 4.90 Å². The van der Waals surface area contributed by atoms with Crippen molar-refractivity contribution in [2.45, 2.75) is 5.92 Å². The van der Waals surface area contributed by atoms with Gasteiger partial charge in [0.05, 0.1) is 11.4 Å². The summed E-state index contributed by atoms with van der Waals surface area (Å²) < 4.78 is 0. The fraction of sp³-hybridized carbons (Fsp3) is 0.0667. The van der Waals surface area contributed by atoms with Gasteiger partial charge >= 0.3 is 0 Å². The molecule has 1 aromatic carbocycles. The molecule has 3 aliphatic heterocycles. The van der Waals surface area contributed by atoms with Crippen LogP contribution < -0.4 is 5.32 Å². The number of fused-ring (bicyclic) bond motifs is 4. The van der Waals surface area contributed by atoms with Gasteiger partial charge in [-0.15, -0.1) is 0 Å². The van der Waals surface area contributed by atoms with Crippen LogP contribution in [0.2, 0.25) is 0 Å². The zero-order chi connectivity index (χ0) is 11.2. The van der Waals surface area contributed by atoms with E-state index in [2.05, 4.69) is 71.2 Å². The minimum Gasteiger partial charge on any atom is -0.356 e. The number of para-hydroxylation sites is 1. The molecule has 0 spiro atoms. The number of benzene rings is 1. The van der Waals surface area contributed by atoms with Gasteiger partial charge < -0.3 is 10.2 Å². The van der Waals surface area contributed by atoms with Gasteiger partial charge in [0.25, 0.3) is 0 Å². The summed E-state index contributed by atoms with van der Waals surface area (Å²) in [7, 11) is 0. The van der Waals surface area contributed by atoms with Gasteiger partial charge in [0.15, 0.2) is 0 Å². The molecule has 1 unspecified atom stereocenters. The predicted octanol–water partition coefficient (Wildman–Crippen LogP) is 3.32. The first kappa shape index (κ1) is 8.88. The molecule has 0 aromatic heterocycles. The van der Waals surface area contributed by atoms with Crippen LogP contribution in [0.15, 0.2) is 72.4 Å². The highest BCUT2D eigenvalue weighted by atomic mass is 15.1. The highest BCUT2D eigenvalue weighted by Gasteiger charge is 2.30. The van der Waals surface area contributed by atoms with Crippen LogP contribution in [0.25, 0.3) is 0 Å². The van der Waals surface area contributed by atoms with Crippen molar-refractivity contribution in [3.05, 3.63) is 77.9 Å². The molecule has 2 heteroatoms. The number of hydrogen-bond donors (Lipinski definition) is 1. The molecule has 3 aliphatic rings. The molecule has 0 radical (unpaired) electrons. The molecule has 82 valence electrons. The zero-order valence-electron chi connectivity index (χ0n) is 9.30. The normalized spacial score (nSPS) is 23.3. The Balaban J connectivity index is 1.90. The molecule has 3 heterocycles. The number of nitrogens with one attached hydrogen (secondary N) is 1. The lowest BCUT2D eigenvalue weighted by atomic mass is 9.95. The second-order valence-corrected chi connectivity index (χ2v) is 4.44. The standard InChI is InChI=1S/C15H12N2/c1-2-6-13-11(5-1)12-8-10-17-9-4-3-7-14(17)15(12)16-13/h1-10,12,16H. The number of nitrogens with zero attached hydrogens (tertiary/aromatic N) is 1. The van der Waals surface area contributed by atoms with Crippen LogP contribution in [0.5, 0.6) is 0 Å². The van der Waals surface area contributed by atoms with Crippen LogP contribution in [0, 0.1) is 0 Å². The van der Waals surface area contributed by atoms with Crippen LogP contribution in [0.3, 0.4) is 0 Å². The summed E-state index contributed by atoms with van der Waals surface area (Å²) in [4.78, 5) is 2.16. The molecule has 0 saturated carbocycles. The lowest BCUT2D eigenvalue weighted by Gasteiger charge is -2.27. The van der Waals surface area contributed by atoms with Crippen LogP contribution in [-0.2, 0) is 0 Å². The topological polar surface area (TPSA) is 15.3 Å². The Morgan fingerprint density at radius 2 is 2.00 bits per heavy atom. The Hall–Kier alpha value is -2.22. The van der Waals surface area contributed by atoms with Crippen LogP contribution >= 0.6 is 0 Å². The first-order valence-corrected chi connectivity index (χ1v) is 5.85. The smallest absolute Gasteiger partial charge is 0.0653 e. The third-order valence-corrected chi connectivity index (χ3v) is 3.48. The van der Waals surface area contributed by atoms with E-state index in [0.29, 0.717) is 5.92 Å². The Bertz CT molecular complexity index is 605. The van der Waals surface area contributed by atoms with Gasteiger partial charge in [0.2, 0.25) is 0 Å². The number of allylic oxidation sites excluding steroid dienone is 4. The largest absolute Gasteiger partial charge is 0.356 e. The molecule has 17 heavy (non-hydrogen) atoms. The van der Waals surface area contributed by atoms with E-state index in [1.807, 2.05) is 0 Å². The van der Waals surface area contributed by atoms with E-state index < -0.39 is 0 Å². The van der Waals surface area contributed by atoms with E-state index in [0.717, 1.165) is 0 Å². The minimum atomic E-state index is 0.383. The Morgan fingerprint density at radius 1 is 1.06 bits per heavy atom. The van der Waals surface area contributed by atoms with Crippen molar-refractivity contribution < 1.29 is 0 Å². The molecule has 0 fully saturated rings. The van der Waals surface area contributed by atoms with Gasteiger partial charge in [-0.25, -0.2) is 0 Å². The summed E-state index contributed by atoms with van der Waals surface area (Å²) in [5.41, 5.74) is 5.13. The van der Waals surface area contributed by atoms with Crippen molar-refractivity contribution in [2.75, 3.05) is 5.32 Å². The third kappa shape index (κ3) is 1.15. The summed E-state index contributed by atoms with van der Waals surface area (Å²) in [6.45, 7) is 0. The second kappa shape index (κ2) is 3.14. The zero-order valence-corrected chi connectivity index (χ0v) is 9.30. The lowest BCUT2D eigenvalue weighted by molar-refractivity contribution is 0.611. The summed E-state index contributed by atoms with van der Waals surface area (Å²) >= 11 is 0. The monoisotopic (exact) mass is 220 g/mol. The third-order valence-electron chi connectivity index (χ3n) is 3.48. The molecular weight excluding hydrogens is 208 g/mol. The molecule has 0 aliphatic carbocycles. The van der Waals surface area contributed by atoms with Crippen LogP contribution in [0.4, 0.5) is 5.69 Å². The van der Waals surface area contributed by atoms with Crippen molar-refractivity contribution in [3.8, 4) is 0 Å². The van der Waals surface area contributed by atoms with Gasteiger partial charge in [0, 0.05) is 24.0 Å². The first-order valence-electron chi connectivity index (χ1n) is 5.85. The maximum Gasteiger partial charge on any atom is 0.0653 e. The van der Waals surface area contributed by atoms with E-state index in [4.69, 9.17) is 0 Å². The average Bonchev–Trinajstić information content (AvgIpc) is 2.78. The van der Waals surface area contributed by atoms with E-state index >= 15 is 0 Å². The molecule has 1 N–H and O–H groups in total. The average molecular weight is 220 g/mol. The molecule has 4 rings (SSSR count).